The maximum Gasteiger partial charge on any atom is 0.307 e. The molecule has 29 heavy (non-hydrogen) atoms. The third-order valence-electron chi connectivity index (χ3n) is 7.20. The van der Waals surface area contributed by atoms with Crippen molar-refractivity contribution in [2.24, 2.45) is 11.3 Å². The number of aliphatic carboxylic acids is 1. The molecule has 1 N–H and O–H groups in total. The van der Waals surface area contributed by atoms with E-state index in [2.05, 4.69) is 31.2 Å². The number of carbonyl (C=O) groups is 2. The van der Waals surface area contributed by atoms with E-state index >= 15 is 0 Å². The van der Waals surface area contributed by atoms with Crippen LogP contribution in [0.5, 0.6) is 0 Å². The van der Waals surface area contributed by atoms with Crippen LogP contribution in [0.2, 0.25) is 0 Å². The van der Waals surface area contributed by atoms with E-state index in [1.807, 2.05) is 9.58 Å². The first-order valence-corrected chi connectivity index (χ1v) is 10.7. The molecule has 5 rings (SSSR count). The Hall–Kier alpha value is -2.63. The number of carboxylic acids is 1. The molecule has 1 saturated heterocycles. The van der Waals surface area contributed by atoms with E-state index in [1.165, 1.54) is 11.3 Å². The zero-order chi connectivity index (χ0) is 20.2. The van der Waals surface area contributed by atoms with Gasteiger partial charge in [-0.25, -0.2) is 4.68 Å². The van der Waals surface area contributed by atoms with Crippen molar-refractivity contribution >= 4 is 11.9 Å². The molecule has 1 amide bonds. The van der Waals surface area contributed by atoms with Crippen LogP contribution in [-0.4, -0.2) is 44.8 Å². The number of benzene rings is 1. The van der Waals surface area contributed by atoms with Gasteiger partial charge < -0.3 is 10.0 Å². The second-order valence-electron chi connectivity index (χ2n) is 8.98. The van der Waals surface area contributed by atoms with Gasteiger partial charge >= 0.3 is 5.97 Å². The van der Waals surface area contributed by atoms with Gasteiger partial charge in [-0.3, -0.25) is 9.59 Å². The fraction of sp³-hybridized carbons (Fsp3) is 0.522. The van der Waals surface area contributed by atoms with Gasteiger partial charge in [0.25, 0.3) is 5.91 Å². The molecule has 2 aliphatic carbocycles. The second-order valence-corrected chi connectivity index (χ2v) is 8.98. The van der Waals surface area contributed by atoms with Crippen molar-refractivity contribution in [3.05, 3.63) is 46.8 Å². The first-order chi connectivity index (χ1) is 14.0. The van der Waals surface area contributed by atoms with E-state index in [0.29, 0.717) is 18.8 Å². The maximum atomic E-state index is 13.4. The van der Waals surface area contributed by atoms with E-state index < -0.39 is 5.97 Å². The smallest absolute Gasteiger partial charge is 0.307 e. The summed E-state index contributed by atoms with van der Waals surface area (Å²) in [6.07, 6.45) is 6.42. The number of piperidine rings is 1. The summed E-state index contributed by atoms with van der Waals surface area (Å²) < 4.78 is 1.97. The predicted molar refractivity (Wildman–Crippen MR) is 108 cm³/mol. The fourth-order valence-corrected chi connectivity index (χ4v) is 5.22. The van der Waals surface area contributed by atoms with Crippen molar-refractivity contribution in [2.45, 2.75) is 51.9 Å². The van der Waals surface area contributed by atoms with Crippen LogP contribution in [0.25, 0.3) is 5.69 Å². The average Bonchev–Trinajstić information content (AvgIpc) is 3.30. The molecule has 2 fully saturated rings. The molecule has 3 aliphatic rings. The quantitative estimate of drug-likeness (QED) is 0.867. The van der Waals surface area contributed by atoms with E-state index in [9.17, 15) is 14.7 Å². The molecule has 1 spiro atoms. The lowest BCUT2D eigenvalue weighted by Gasteiger charge is -2.32. The number of rotatable bonds is 3. The number of fused-ring (bicyclic) bond motifs is 1. The molecule has 0 radical (unpaired) electrons. The molecule has 1 aliphatic heterocycles. The number of carbonyl (C=O) groups excluding carboxylic acids is 1. The van der Waals surface area contributed by atoms with Gasteiger partial charge in [-0.1, -0.05) is 17.7 Å². The molecule has 6 nitrogen and oxygen atoms in total. The standard InChI is InChI=1S/C23H27N3O3/c1-15-6-8-16(9-7-15)26-19-5-3-2-4-17(19)20(24-26)21(27)25-12-10-23(11-13-25)14-18(23)22(28)29/h6-9,18H,2-5,10-14H2,1H3,(H,28,29). The van der Waals surface area contributed by atoms with Gasteiger partial charge in [0.05, 0.1) is 11.6 Å². The summed E-state index contributed by atoms with van der Waals surface area (Å²) in [5.41, 5.74) is 5.02. The number of hydrogen-bond donors (Lipinski definition) is 1. The maximum absolute atomic E-state index is 13.4. The normalized spacial score (nSPS) is 22.4. The topological polar surface area (TPSA) is 75.4 Å². The van der Waals surface area contributed by atoms with Crippen LogP contribution in [-0.2, 0) is 17.6 Å². The highest BCUT2D eigenvalue weighted by molar-refractivity contribution is 5.94. The number of hydrogen-bond acceptors (Lipinski definition) is 3. The molecule has 1 saturated carbocycles. The van der Waals surface area contributed by atoms with Crippen LogP contribution >= 0.6 is 0 Å². The molecule has 1 unspecified atom stereocenters. The van der Waals surface area contributed by atoms with Gasteiger partial charge in [0.2, 0.25) is 0 Å². The largest absolute Gasteiger partial charge is 0.481 e. The summed E-state index contributed by atoms with van der Waals surface area (Å²) in [5, 5.41) is 14.1. The van der Waals surface area contributed by atoms with Crippen LogP contribution in [0.15, 0.2) is 24.3 Å². The number of aryl methyl sites for hydroxylation is 1. The molecule has 1 aromatic carbocycles. The van der Waals surface area contributed by atoms with Crippen LogP contribution < -0.4 is 0 Å². The number of nitrogens with zero attached hydrogens (tertiary/aromatic N) is 3. The Labute approximate surface area is 170 Å². The van der Waals surface area contributed by atoms with Crippen molar-refractivity contribution < 1.29 is 14.7 Å². The molecule has 2 aromatic rings. The van der Waals surface area contributed by atoms with Crippen LogP contribution in [0, 0.1) is 18.3 Å². The Morgan fingerprint density at radius 3 is 2.45 bits per heavy atom. The number of likely N-dealkylation sites (tertiary alicyclic amines) is 1. The molecule has 6 heteroatoms. The summed E-state index contributed by atoms with van der Waals surface area (Å²) in [6.45, 7) is 3.33. The molecule has 1 atom stereocenters. The third-order valence-corrected chi connectivity index (χ3v) is 7.20. The third kappa shape index (κ3) is 3.05. The summed E-state index contributed by atoms with van der Waals surface area (Å²) in [7, 11) is 0. The highest BCUT2D eigenvalue weighted by atomic mass is 16.4. The zero-order valence-corrected chi connectivity index (χ0v) is 16.9. The van der Waals surface area contributed by atoms with Crippen molar-refractivity contribution in [3.63, 3.8) is 0 Å². The van der Waals surface area contributed by atoms with Crippen LogP contribution in [0.4, 0.5) is 0 Å². The van der Waals surface area contributed by atoms with Crippen molar-refractivity contribution in [3.8, 4) is 5.69 Å². The molecule has 2 heterocycles. The van der Waals surface area contributed by atoms with E-state index in [-0.39, 0.29) is 17.2 Å². The highest BCUT2D eigenvalue weighted by Crippen LogP contribution is 2.59. The summed E-state index contributed by atoms with van der Waals surface area (Å²) in [5.74, 6) is -0.889. The van der Waals surface area contributed by atoms with E-state index in [4.69, 9.17) is 5.10 Å². The SMILES string of the molecule is Cc1ccc(-n2nc(C(=O)N3CCC4(CC3)CC4C(=O)O)c3c2CCCC3)cc1. The summed E-state index contributed by atoms with van der Waals surface area (Å²) in [6, 6.07) is 8.28. The van der Waals surface area contributed by atoms with Crippen molar-refractivity contribution in [1.29, 1.82) is 0 Å². The minimum absolute atomic E-state index is 0.0105. The van der Waals surface area contributed by atoms with Gasteiger partial charge in [-0.05, 0) is 69.4 Å². The highest BCUT2D eigenvalue weighted by Gasteiger charge is 2.59. The van der Waals surface area contributed by atoms with Crippen molar-refractivity contribution in [1.82, 2.24) is 14.7 Å². The Balaban J connectivity index is 1.40. The van der Waals surface area contributed by atoms with Gasteiger partial charge in [-0.2, -0.15) is 5.10 Å². The molecular weight excluding hydrogens is 366 g/mol. The Morgan fingerprint density at radius 2 is 1.79 bits per heavy atom. The molecule has 1 aromatic heterocycles. The van der Waals surface area contributed by atoms with Gasteiger partial charge in [-0.15, -0.1) is 0 Å². The summed E-state index contributed by atoms with van der Waals surface area (Å²) in [4.78, 5) is 26.5. The second kappa shape index (κ2) is 6.71. The molecular formula is C23H27N3O3. The first kappa shape index (κ1) is 18.4. The minimum atomic E-state index is -0.685. The van der Waals surface area contributed by atoms with Crippen molar-refractivity contribution in [2.75, 3.05) is 13.1 Å². The first-order valence-electron chi connectivity index (χ1n) is 10.7. The Morgan fingerprint density at radius 1 is 1.10 bits per heavy atom. The van der Waals surface area contributed by atoms with E-state index in [1.54, 1.807) is 0 Å². The van der Waals surface area contributed by atoms with Crippen LogP contribution in [0.3, 0.4) is 0 Å². The lowest BCUT2D eigenvalue weighted by atomic mass is 9.90. The summed E-state index contributed by atoms with van der Waals surface area (Å²) >= 11 is 0. The number of amides is 1. The monoisotopic (exact) mass is 393 g/mol. The fourth-order valence-electron chi connectivity index (χ4n) is 5.22. The minimum Gasteiger partial charge on any atom is -0.481 e. The number of aromatic nitrogens is 2. The van der Waals surface area contributed by atoms with E-state index in [0.717, 1.165) is 56.2 Å². The zero-order valence-electron chi connectivity index (χ0n) is 16.9. The predicted octanol–water partition coefficient (Wildman–Crippen LogP) is 3.39. The van der Waals surface area contributed by atoms with Gasteiger partial charge in [0.1, 0.15) is 0 Å². The number of carboxylic acid groups (broad SMARTS) is 1. The Bertz CT molecular complexity index is 968. The van der Waals surface area contributed by atoms with Gasteiger partial charge in [0, 0.05) is 24.3 Å². The lowest BCUT2D eigenvalue weighted by molar-refractivity contribution is -0.139. The molecule has 152 valence electrons. The lowest BCUT2D eigenvalue weighted by Crippen LogP contribution is -2.40. The van der Waals surface area contributed by atoms with Crippen LogP contribution in [0.1, 0.15) is 59.4 Å². The Kier molecular flexibility index (Phi) is 4.26. The van der Waals surface area contributed by atoms with Gasteiger partial charge in [0.15, 0.2) is 5.69 Å². The average molecular weight is 393 g/mol. The molecule has 0 bridgehead atoms.